The number of amides is 1. The number of hydrogen-bond donors (Lipinski definition) is 2. The van der Waals surface area contributed by atoms with Crippen LogP contribution in [0.15, 0.2) is 24.3 Å². The first-order valence-corrected chi connectivity index (χ1v) is 7.18. The van der Waals surface area contributed by atoms with Gasteiger partial charge in [0.05, 0.1) is 11.5 Å². The molecule has 1 aromatic rings. The average Bonchev–Trinajstić information content (AvgIpc) is 2.36. The van der Waals surface area contributed by atoms with Gasteiger partial charge in [0.25, 0.3) is 0 Å². The molecule has 4 nitrogen and oxygen atoms in total. The van der Waals surface area contributed by atoms with E-state index < -0.39 is 0 Å². The zero-order chi connectivity index (χ0) is 15.1. The summed E-state index contributed by atoms with van der Waals surface area (Å²) in [6.07, 6.45) is 0.630. The van der Waals surface area contributed by atoms with Crippen LogP contribution < -0.4 is 11.1 Å². The third-order valence-electron chi connectivity index (χ3n) is 3.06. The molecule has 3 N–H and O–H groups in total. The summed E-state index contributed by atoms with van der Waals surface area (Å²) in [4.78, 5) is 14.6. The summed E-state index contributed by atoms with van der Waals surface area (Å²) in [5.74, 6) is -0.0227. The molecule has 0 fully saturated rings. The van der Waals surface area contributed by atoms with Gasteiger partial charge >= 0.3 is 0 Å². The number of anilines is 1. The lowest BCUT2D eigenvalue weighted by molar-refractivity contribution is -0.117. The molecule has 1 amide bonds. The minimum absolute atomic E-state index is 0.0227. The van der Waals surface area contributed by atoms with E-state index in [0.29, 0.717) is 24.5 Å². The van der Waals surface area contributed by atoms with E-state index in [2.05, 4.69) is 24.1 Å². The van der Waals surface area contributed by atoms with Crippen LogP contribution in [0, 0.1) is 6.92 Å². The van der Waals surface area contributed by atoms with Crippen LogP contribution in [-0.4, -0.2) is 34.9 Å². The number of thiocarbonyl (C=S) groups is 1. The number of carbonyl (C=O) groups excluding carboxylic acids is 1. The van der Waals surface area contributed by atoms with Crippen LogP contribution in [0.25, 0.3) is 0 Å². The topological polar surface area (TPSA) is 58.4 Å². The van der Waals surface area contributed by atoms with E-state index >= 15 is 0 Å². The SMILES string of the molecule is Cc1ccc(NC(=O)CN(CCC(N)=S)C(C)C)cc1. The Morgan fingerprint density at radius 2 is 1.95 bits per heavy atom. The number of nitrogens with two attached hydrogens (primary N) is 1. The van der Waals surface area contributed by atoms with Crippen LogP contribution in [0.1, 0.15) is 25.8 Å². The van der Waals surface area contributed by atoms with Gasteiger partial charge in [-0.1, -0.05) is 29.9 Å². The Bertz CT molecular complexity index is 457. The van der Waals surface area contributed by atoms with Crippen LogP contribution in [0.4, 0.5) is 5.69 Å². The second-order valence-corrected chi connectivity index (χ2v) is 5.72. The fourth-order valence-electron chi connectivity index (χ4n) is 1.80. The maximum absolute atomic E-state index is 12.0. The fraction of sp³-hybridized carbons (Fsp3) is 0.467. The zero-order valence-electron chi connectivity index (χ0n) is 12.3. The largest absolute Gasteiger partial charge is 0.393 e. The summed E-state index contributed by atoms with van der Waals surface area (Å²) >= 11 is 4.88. The molecular weight excluding hydrogens is 270 g/mol. The van der Waals surface area contributed by atoms with Crippen molar-refractivity contribution in [1.29, 1.82) is 0 Å². The van der Waals surface area contributed by atoms with Crippen LogP contribution in [0.2, 0.25) is 0 Å². The third-order valence-corrected chi connectivity index (χ3v) is 3.26. The monoisotopic (exact) mass is 293 g/mol. The highest BCUT2D eigenvalue weighted by Crippen LogP contribution is 2.09. The Morgan fingerprint density at radius 3 is 2.45 bits per heavy atom. The van der Waals surface area contributed by atoms with Gasteiger partial charge in [0.2, 0.25) is 5.91 Å². The summed E-state index contributed by atoms with van der Waals surface area (Å²) in [6, 6.07) is 8.03. The van der Waals surface area contributed by atoms with Crippen molar-refractivity contribution in [3.05, 3.63) is 29.8 Å². The molecule has 0 saturated heterocycles. The van der Waals surface area contributed by atoms with Crippen LogP contribution >= 0.6 is 12.2 Å². The van der Waals surface area contributed by atoms with Crippen molar-refractivity contribution in [1.82, 2.24) is 4.90 Å². The summed E-state index contributed by atoms with van der Waals surface area (Å²) in [7, 11) is 0. The summed E-state index contributed by atoms with van der Waals surface area (Å²) in [6.45, 7) is 7.17. The molecule has 0 spiro atoms. The van der Waals surface area contributed by atoms with Crippen molar-refractivity contribution in [2.45, 2.75) is 33.2 Å². The highest BCUT2D eigenvalue weighted by Gasteiger charge is 2.14. The van der Waals surface area contributed by atoms with Crippen molar-refractivity contribution >= 4 is 28.8 Å². The summed E-state index contributed by atoms with van der Waals surface area (Å²) < 4.78 is 0. The normalized spacial score (nSPS) is 10.8. The molecule has 20 heavy (non-hydrogen) atoms. The molecule has 110 valence electrons. The molecule has 0 radical (unpaired) electrons. The van der Waals surface area contributed by atoms with Gasteiger partial charge in [-0.15, -0.1) is 0 Å². The Kier molecular flexibility index (Phi) is 6.61. The molecule has 0 aliphatic rings. The molecule has 5 heteroatoms. The molecule has 0 bridgehead atoms. The standard InChI is InChI=1S/C15H23N3OS/c1-11(2)18(9-8-14(16)20)10-15(19)17-13-6-4-12(3)5-7-13/h4-7,11H,8-10H2,1-3H3,(H2,16,20)(H,17,19). The summed E-state index contributed by atoms with van der Waals surface area (Å²) in [5.41, 5.74) is 7.50. The van der Waals surface area contributed by atoms with Crippen molar-refractivity contribution < 1.29 is 4.79 Å². The van der Waals surface area contributed by atoms with E-state index in [1.165, 1.54) is 5.56 Å². The number of aryl methyl sites for hydroxylation is 1. The average molecular weight is 293 g/mol. The smallest absolute Gasteiger partial charge is 0.238 e. The molecule has 0 aliphatic carbocycles. The third kappa shape index (κ3) is 6.12. The Labute approximate surface area is 126 Å². The van der Waals surface area contributed by atoms with Crippen molar-refractivity contribution in [3.63, 3.8) is 0 Å². The quantitative estimate of drug-likeness (QED) is 0.758. The fourth-order valence-corrected chi connectivity index (χ4v) is 1.89. The molecule has 0 aromatic heterocycles. The van der Waals surface area contributed by atoms with Crippen molar-refractivity contribution in [2.75, 3.05) is 18.4 Å². The Hall–Kier alpha value is -1.46. The number of hydrogen-bond acceptors (Lipinski definition) is 3. The van der Waals surface area contributed by atoms with E-state index in [9.17, 15) is 4.79 Å². The lowest BCUT2D eigenvalue weighted by atomic mass is 10.2. The number of nitrogens with zero attached hydrogens (tertiary/aromatic N) is 1. The van der Waals surface area contributed by atoms with Gasteiger partial charge in [0.15, 0.2) is 0 Å². The van der Waals surface area contributed by atoms with Crippen molar-refractivity contribution in [3.8, 4) is 0 Å². The van der Waals surface area contributed by atoms with Gasteiger partial charge < -0.3 is 11.1 Å². The zero-order valence-corrected chi connectivity index (χ0v) is 13.2. The minimum atomic E-state index is -0.0227. The predicted molar refractivity (Wildman–Crippen MR) is 87.9 cm³/mol. The molecule has 0 heterocycles. The number of nitrogens with one attached hydrogen (secondary N) is 1. The maximum atomic E-state index is 12.0. The van der Waals surface area contributed by atoms with E-state index in [-0.39, 0.29) is 11.9 Å². The van der Waals surface area contributed by atoms with Crippen LogP contribution in [0.5, 0.6) is 0 Å². The lowest BCUT2D eigenvalue weighted by Gasteiger charge is -2.25. The highest BCUT2D eigenvalue weighted by atomic mass is 32.1. The first kappa shape index (κ1) is 16.6. The molecular formula is C15H23N3OS. The molecule has 1 aromatic carbocycles. The van der Waals surface area contributed by atoms with Gasteiger partial charge in [-0.3, -0.25) is 9.69 Å². The van der Waals surface area contributed by atoms with Gasteiger partial charge in [-0.25, -0.2) is 0 Å². The Morgan fingerprint density at radius 1 is 1.35 bits per heavy atom. The Balaban J connectivity index is 2.53. The number of carbonyl (C=O) groups is 1. The van der Waals surface area contributed by atoms with Gasteiger partial charge in [-0.05, 0) is 32.9 Å². The molecule has 0 saturated carbocycles. The highest BCUT2D eigenvalue weighted by molar-refractivity contribution is 7.80. The number of rotatable bonds is 7. The van der Waals surface area contributed by atoms with Crippen LogP contribution in [0.3, 0.4) is 0 Å². The number of benzene rings is 1. The van der Waals surface area contributed by atoms with Crippen LogP contribution in [-0.2, 0) is 4.79 Å². The first-order valence-electron chi connectivity index (χ1n) is 6.77. The van der Waals surface area contributed by atoms with Gasteiger partial charge in [-0.2, -0.15) is 0 Å². The molecule has 0 unspecified atom stereocenters. The lowest BCUT2D eigenvalue weighted by Crippen LogP contribution is -2.39. The molecule has 1 rings (SSSR count). The van der Waals surface area contributed by atoms with Gasteiger partial charge in [0, 0.05) is 24.7 Å². The molecule has 0 atom stereocenters. The second-order valence-electron chi connectivity index (χ2n) is 5.19. The van der Waals surface area contributed by atoms with E-state index in [1.54, 1.807) is 0 Å². The maximum Gasteiger partial charge on any atom is 0.238 e. The minimum Gasteiger partial charge on any atom is -0.393 e. The van der Waals surface area contributed by atoms with E-state index in [0.717, 1.165) is 5.69 Å². The van der Waals surface area contributed by atoms with Crippen molar-refractivity contribution in [2.24, 2.45) is 5.73 Å². The predicted octanol–water partition coefficient (Wildman–Crippen LogP) is 2.32. The second kappa shape index (κ2) is 7.97. The van der Waals surface area contributed by atoms with E-state index in [4.69, 9.17) is 18.0 Å². The molecule has 0 aliphatic heterocycles. The van der Waals surface area contributed by atoms with E-state index in [1.807, 2.05) is 31.2 Å². The van der Waals surface area contributed by atoms with Gasteiger partial charge in [0.1, 0.15) is 0 Å². The first-order chi connectivity index (χ1) is 9.38. The summed E-state index contributed by atoms with van der Waals surface area (Å²) in [5, 5.41) is 2.90.